The lowest BCUT2D eigenvalue weighted by Crippen LogP contribution is -2.70. The highest BCUT2D eigenvalue weighted by Gasteiger charge is 2.66. The Morgan fingerprint density at radius 1 is 0.843 bits per heavy atom. The summed E-state index contributed by atoms with van der Waals surface area (Å²) in [7, 11) is 0. The van der Waals surface area contributed by atoms with Crippen LogP contribution >= 0.6 is 0 Å². The smallest absolute Gasteiger partial charge is 0.410 e. The summed E-state index contributed by atoms with van der Waals surface area (Å²) in [6.45, 7) is 9.15. The Labute approximate surface area is 411 Å². The van der Waals surface area contributed by atoms with Gasteiger partial charge in [-0.15, -0.1) is 13.2 Å². The summed E-state index contributed by atoms with van der Waals surface area (Å²) >= 11 is 0. The molecule has 0 spiro atoms. The quantitative estimate of drug-likeness (QED) is 0.0441. The first-order valence-corrected chi connectivity index (χ1v) is 25.0. The number of rotatable bonds is 22. The summed E-state index contributed by atoms with van der Waals surface area (Å²) in [5, 5.41) is 25.2. The molecule has 1 amide bonds. The van der Waals surface area contributed by atoms with Crippen molar-refractivity contribution in [3.63, 3.8) is 0 Å². The van der Waals surface area contributed by atoms with Gasteiger partial charge in [-0.3, -0.25) is 4.90 Å². The van der Waals surface area contributed by atoms with Gasteiger partial charge in [-0.25, -0.2) is 4.79 Å². The molecule has 370 valence electrons. The summed E-state index contributed by atoms with van der Waals surface area (Å²) in [4.78, 5) is 23.0. The van der Waals surface area contributed by atoms with Crippen LogP contribution in [0.15, 0.2) is 133 Å². The lowest BCUT2D eigenvalue weighted by atomic mass is 9.55. The van der Waals surface area contributed by atoms with Crippen LogP contribution in [0.3, 0.4) is 0 Å². The molecule has 2 fully saturated rings. The molecule has 3 heterocycles. The van der Waals surface area contributed by atoms with Crippen LogP contribution in [0.5, 0.6) is 28.7 Å². The third-order valence-electron chi connectivity index (χ3n) is 14.2. The molecule has 4 aromatic rings. The van der Waals surface area contributed by atoms with Gasteiger partial charge in [0.05, 0.1) is 31.5 Å². The van der Waals surface area contributed by atoms with Crippen molar-refractivity contribution in [1.82, 2.24) is 4.90 Å². The molecular formula is C57H66N2O11. The predicted octanol–water partition coefficient (Wildman–Crippen LogP) is 11.2. The highest BCUT2D eigenvalue weighted by atomic mass is 16.8. The Hall–Kier alpha value is -6.12. The lowest BCUT2D eigenvalue weighted by Gasteiger charge is -2.59. The van der Waals surface area contributed by atoms with Gasteiger partial charge in [0.2, 0.25) is 18.9 Å². The molecule has 9 rings (SSSR count). The second-order valence-corrected chi connectivity index (χ2v) is 18.7. The molecule has 3 aliphatic heterocycles. The van der Waals surface area contributed by atoms with Gasteiger partial charge in [0.1, 0.15) is 23.3 Å². The van der Waals surface area contributed by atoms with Gasteiger partial charge >= 0.3 is 6.09 Å². The largest absolute Gasteiger partial charge is 0.459 e. The molecule has 1 saturated heterocycles. The SMILES string of the molecule is C=CCCOC(=O)N(Cc1ccc2c(c1)OCO2)[C@H]1CC(=NOC2CCCCO2)C2=C[C@H](CCCCO)[C@@H](CCCCO)[C@@H]3c4cc(Oc5ccc(-c6ccccc6)cc5)ccc4O[C@@]1(OCC=C)[C@H]23. The fourth-order valence-electron chi connectivity index (χ4n) is 11.0. The fourth-order valence-corrected chi connectivity index (χ4v) is 11.0. The van der Waals surface area contributed by atoms with Crippen LogP contribution in [-0.4, -0.2) is 84.9 Å². The number of oxime groups is 1. The minimum Gasteiger partial charge on any atom is -0.459 e. The number of fused-ring (bicyclic) bond motifs is 3. The van der Waals surface area contributed by atoms with Crippen molar-refractivity contribution in [1.29, 1.82) is 0 Å². The molecule has 13 nitrogen and oxygen atoms in total. The second kappa shape index (κ2) is 23.2. The van der Waals surface area contributed by atoms with Crippen LogP contribution in [0.25, 0.3) is 11.1 Å². The monoisotopic (exact) mass is 954 g/mol. The van der Waals surface area contributed by atoms with Crippen LogP contribution in [0.1, 0.15) is 87.7 Å². The predicted molar refractivity (Wildman–Crippen MR) is 266 cm³/mol. The van der Waals surface area contributed by atoms with Crippen LogP contribution in [0, 0.1) is 17.8 Å². The van der Waals surface area contributed by atoms with Gasteiger partial charge < -0.3 is 48.2 Å². The van der Waals surface area contributed by atoms with Crippen LogP contribution in [0.2, 0.25) is 0 Å². The van der Waals surface area contributed by atoms with Crippen molar-refractivity contribution in [2.24, 2.45) is 22.9 Å². The van der Waals surface area contributed by atoms with Gasteiger partial charge in [0.15, 0.2) is 11.5 Å². The van der Waals surface area contributed by atoms with Crippen molar-refractivity contribution in [3.05, 3.63) is 139 Å². The molecular weight excluding hydrogens is 889 g/mol. The van der Waals surface area contributed by atoms with Crippen molar-refractivity contribution in [3.8, 4) is 39.9 Å². The minimum atomic E-state index is -1.51. The van der Waals surface area contributed by atoms with E-state index in [-0.39, 0.29) is 63.9 Å². The zero-order valence-corrected chi connectivity index (χ0v) is 40.0. The zero-order chi connectivity index (χ0) is 48.3. The Kier molecular flexibility index (Phi) is 16.2. The van der Waals surface area contributed by atoms with E-state index in [4.69, 9.17) is 43.2 Å². The Bertz CT molecular complexity index is 2470. The number of hydrogen-bond acceptors (Lipinski definition) is 12. The molecule has 1 unspecified atom stereocenters. The zero-order valence-electron chi connectivity index (χ0n) is 40.0. The molecule has 0 aromatic heterocycles. The number of carbonyl (C=O) groups excluding carboxylic acids is 1. The summed E-state index contributed by atoms with van der Waals surface area (Å²) in [6.07, 6.45) is 12.4. The average Bonchev–Trinajstić information content (AvgIpc) is 3.87. The maximum absolute atomic E-state index is 14.9. The molecule has 5 aliphatic rings. The molecule has 4 aromatic carbocycles. The number of aliphatic hydroxyl groups is 2. The van der Waals surface area contributed by atoms with E-state index in [2.05, 4.69) is 49.6 Å². The van der Waals surface area contributed by atoms with E-state index in [1.54, 1.807) is 17.1 Å². The number of nitrogens with zero attached hydrogens (tertiary/aromatic N) is 2. The molecule has 0 radical (unpaired) electrons. The summed E-state index contributed by atoms with van der Waals surface area (Å²) in [6, 6.07) is 29.1. The standard InChI is InChI=1S/C57H66N2O11/c1-3-5-31-64-56(62)59(37-39-20-26-50-51(33-39)66-38-65-50)52-36-48(58-70-53-19-11-14-32-63-53)46-34-42(17-9-12-28-60)45(18-10-13-29-61)54-47-35-44(25-27-49(47)69-57(52,55(46)54)67-30-4-2)68-43-23-21-41(22-24-43)40-15-7-6-8-16-40/h3-4,6-8,15-16,20-27,33-35,42,45,52-55,60-61H,1-2,5,9-14,17-19,28-32,36-38H2/t42-,45+,52-,53?,54+,55+,57+/m0/s1. The van der Waals surface area contributed by atoms with E-state index in [1.165, 1.54) is 0 Å². The first-order chi connectivity index (χ1) is 34.4. The van der Waals surface area contributed by atoms with Crippen molar-refractivity contribution < 1.29 is 53.0 Å². The van der Waals surface area contributed by atoms with Crippen molar-refractivity contribution in [2.45, 2.75) is 101 Å². The lowest BCUT2D eigenvalue weighted by molar-refractivity contribution is -0.256. The Morgan fingerprint density at radius 3 is 2.39 bits per heavy atom. The molecule has 2 N–H and O–H groups in total. The molecule has 1 saturated carbocycles. The summed E-state index contributed by atoms with van der Waals surface area (Å²) < 4.78 is 45.0. The first kappa shape index (κ1) is 48.9. The third kappa shape index (κ3) is 10.8. The van der Waals surface area contributed by atoms with Gasteiger partial charge in [-0.1, -0.05) is 84.8 Å². The Morgan fingerprint density at radius 2 is 1.61 bits per heavy atom. The number of aliphatic hydroxyl groups excluding tert-OH is 2. The molecule has 2 aliphatic carbocycles. The molecule has 7 atom stereocenters. The number of hydrogen-bond donors (Lipinski definition) is 2. The van der Waals surface area contributed by atoms with Crippen molar-refractivity contribution in [2.75, 3.05) is 39.8 Å². The maximum Gasteiger partial charge on any atom is 0.410 e. The van der Waals surface area contributed by atoms with E-state index >= 15 is 0 Å². The number of allylic oxidation sites excluding steroid dienone is 1. The van der Waals surface area contributed by atoms with Crippen molar-refractivity contribution >= 4 is 11.8 Å². The van der Waals surface area contributed by atoms with Gasteiger partial charge in [0.25, 0.3) is 0 Å². The first-order valence-electron chi connectivity index (χ1n) is 25.0. The highest BCUT2D eigenvalue weighted by Crippen LogP contribution is 2.62. The van der Waals surface area contributed by atoms with E-state index in [0.717, 1.165) is 66.4 Å². The van der Waals surface area contributed by atoms with Gasteiger partial charge in [0, 0.05) is 44.1 Å². The molecule has 70 heavy (non-hydrogen) atoms. The summed E-state index contributed by atoms with van der Waals surface area (Å²) in [5.74, 6) is 0.904. The number of amides is 1. The van der Waals surface area contributed by atoms with E-state index in [9.17, 15) is 15.0 Å². The fraction of sp³-hybridized carbons (Fsp3) is 0.439. The van der Waals surface area contributed by atoms with Crippen LogP contribution in [0.4, 0.5) is 4.79 Å². The van der Waals surface area contributed by atoms with E-state index < -0.39 is 30.1 Å². The topological polar surface area (TPSA) is 147 Å². The van der Waals surface area contributed by atoms with E-state index in [1.807, 2.05) is 60.7 Å². The molecule has 0 bridgehead atoms. The summed E-state index contributed by atoms with van der Waals surface area (Å²) in [5.41, 5.74) is 5.53. The average molecular weight is 955 g/mol. The maximum atomic E-state index is 14.9. The second-order valence-electron chi connectivity index (χ2n) is 18.7. The van der Waals surface area contributed by atoms with Crippen LogP contribution < -0.4 is 18.9 Å². The highest BCUT2D eigenvalue weighted by molar-refractivity contribution is 6.03. The Balaban J connectivity index is 1.21. The number of unbranched alkanes of at least 4 members (excludes halogenated alkanes) is 2. The minimum absolute atomic E-state index is 0.0122. The van der Waals surface area contributed by atoms with Crippen LogP contribution in [-0.2, 0) is 25.6 Å². The third-order valence-corrected chi connectivity index (χ3v) is 14.2. The molecule has 13 heteroatoms. The van der Waals surface area contributed by atoms with E-state index in [0.29, 0.717) is 66.7 Å². The number of carbonyl (C=O) groups is 1. The normalized spacial score (nSPS) is 24.6. The number of ether oxygens (including phenoxy) is 7. The van der Waals surface area contributed by atoms with Gasteiger partial charge in [-0.2, -0.15) is 0 Å². The van der Waals surface area contributed by atoms with Gasteiger partial charge in [-0.05, 0) is 122 Å². The number of benzene rings is 4.